The Morgan fingerprint density at radius 2 is 2.00 bits per heavy atom. The summed E-state index contributed by atoms with van der Waals surface area (Å²) in [6.07, 6.45) is 0. The summed E-state index contributed by atoms with van der Waals surface area (Å²) in [5, 5.41) is 18.0. The maximum absolute atomic E-state index is 10.8. The molecule has 2 aromatic rings. The molecule has 0 amide bonds. The maximum Gasteiger partial charge on any atom is 0.323 e. The smallest absolute Gasteiger partial charge is 0.323 e. The molecule has 0 spiro atoms. The molecule has 0 aliphatic rings. The number of aliphatic carboxylic acids is 1. The summed E-state index contributed by atoms with van der Waals surface area (Å²) >= 11 is 0. The Labute approximate surface area is 129 Å². The fourth-order valence-electron chi connectivity index (χ4n) is 2.04. The van der Waals surface area contributed by atoms with Crippen molar-refractivity contribution in [1.82, 2.24) is 0 Å². The van der Waals surface area contributed by atoms with Gasteiger partial charge in [0.25, 0.3) is 0 Å². The van der Waals surface area contributed by atoms with Crippen molar-refractivity contribution in [2.75, 3.05) is 18.5 Å². The lowest BCUT2D eigenvalue weighted by Crippen LogP contribution is -2.25. The van der Waals surface area contributed by atoms with Crippen LogP contribution >= 0.6 is 0 Å². The summed E-state index contributed by atoms with van der Waals surface area (Å²) in [5.41, 5.74) is 1.98. The van der Waals surface area contributed by atoms with E-state index in [1.807, 2.05) is 30.3 Å². The third-order valence-electron chi connectivity index (χ3n) is 3.12. The number of rotatable bonds is 6. The first-order valence-corrected chi connectivity index (χ1v) is 6.74. The minimum atomic E-state index is -0.956. The van der Waals surface area contributed by atoms with Crippen LogP contribution in [-0.2, 0) is 11.4 Å². The molecule has 0 saturated carbocycles. The highest BCUT2D eigenvalue weighted by atomic mass is 16.5. The van der Waals surface area contributed by atoms with Crippen LogP contribution in [0.5, 0.6) is 5.75 Å². The van der Waals surface area contributed by atoms with Gasteiger partial charge < -0.3 is 14.7 Å². The first-order valence-electron chi connectivity index (χ1n) is 6.74. The predicted octanol–water partition coefficient (Wildman–Crippen LogP) is 2.66. The SMILES string of the molecule is CN(CC(=O)O)c1cc(OCc2ccccc2)ccc1C#N. The molecule has 1 N–H and O–H groups in total. The fraction of sp³-hybridized carbons (Fsp3) is 0.176. The Bertz CT molecular complexity index is 693. The molecule has 112 valence electrons. The molecule has 0 aliphatic carbocycles. The van der Waals surface area contributed by atoms with Crippen LogP contribution in [0.25, 0.3) is 0 Å². The first-order chi connectivity index (χ1) is 10.6. The van der Waals surface area contributed by atoms with Gasteiger partial charge >= 0.3 is 5.97 Å². The predicted molar refractivity (Wildman–Crippen MR) is 82.8 cm³/mol. The highest BCUT2D eigenvalue weighted by molar-refractivity contribution is 5.75. The monoisotopic (exact) mass is 296 g/mol. The molecule has 0 aliphatic heterocycles. The van der Waals surface area contributed by atoms with Crippen LogP contribution < -0.4 is 9.64 Å². The fourth-order valence-corrected chi connectivity index (χ4v) is 2.04. The molecule has 0 heterocycles. The first kappa shape index (κ1) is 15.4. The summed E-state index contributed by atoms with van der Waals surface area (Å²) in [4.78, 5) is 12.3. The van der Waals surface area contributed by atoms with Gasteiger partial charge in [0.1, 0.15) is 25.0 Å². The molecule has 0 atom stereocenters. The second-order valence-electron chi connectivity index (χ2n) is 4.81. The second kappa shape index (κ2) is 7.14. The van der Waals surface area contributed by atoms with Crippen molar-refractivity contribution in [3.8, 4) is 11.8 Å². The Hall–Kier alpha value is -3.00. The van der Waals surface area contributed by atoms with Crippen LogP contribution in [0.15, 0.2) is 48.5 Å². The van der Waals surface area contributed by atoms with Crippen molar-refractivity contribution in [3.05, 3.63) is 59.7 Å². The van der Waals surface area contributed by atoms with Gasteiger partial charge in [0.2, 0.25) is 0 Å². The van der Waals surface area contributed by atoms with Gasteiger partial charge in [-0.15, -0.1) is 0 Å². The van der Waals surface area contributed by atoms with Gasteiger partial charge in [-0.3, -0.25) is 4.79 Å². The molecular formula is C17H16N2O3. The highest BCUT2D eigenvalue weighted by Crippen LogP contribution is 2.25. The number of anilines is 1. The maximum atomic E-state index is 10.8. The summed E-state index contributed by atoms with van der Waals surface area (Å²) in [7, 11) is 1.63. The van der Waals surface area contributed by atoms with Crippen molar-refractivity contribution in [1.29, 1.82) is 5.26 Å². The third kappa shape index (κ3) is 4.00. The lowest BCUT2D eigenvalue weighted by atomic mass is 10.1. The van der Waals surface area contributed by atoms with Crippen molar-refractivity contribution >= 4 is 11.7 Å². The number of likely N-dealkylation sites (N-methyl/N-ethyl adjacent to an activating group) is 1. The summed E-state index contributed by atoms with van der Waals surface area (Å²) in [5.74, 6) is -0.364. The van der Waals surface area contributed by atoms with E-state index in [1.54, 1.807) is 25.2 Å². The molecule has 0 unspecified atom stereocenters. The number of carboxylic acid groups (broad SMARTS) is 1. The molecule has 0 saturated heterocycles. The highest BCUT2D eigenvalue weighted by Gasteiger charge is 2.12. The van der Waals surface area contributed by atoms with Gasteiger partial charge in [-0.05, 0) is 17.7 Å². The van der Waals surface area contributed by atoms with Crippen LogP contribution in [0.1, 0.15) is 11.1 Å². The van der Waals surface area contributed by atoms with E-state index in [4.69, 9.17) is 15.1 Å². The molecule has 22 heavy (non-hydrogen) atoms. The Balaban J connectivity index is 2.16. The molecule has 2 aromatic carbocycles. The van der Waals surface area contributed by atoms with Gasteiger partial charge in [-0.2, -0.15) is 5.26 Å². The summed E-state index contributed by atoms with van der Waals surface area (Å²) in [6, 6.07) is 16.8. The number of carbonyl (C=O) groups is 1. The van der Waals surface area contributed by atoms with E-state index in [-0.39, 0.29) is 6.54 Å². The van der Waals surface area contributed by atoms with E-state index in [9.17, 15) is 4.79 Å². The number of ether oxygens (including phenoxy) is 1. The number of hydrogen-bond donors (Lipinski definition) is 1. The lowest BCUT2D eigenvalue weighted by molar-refractivity contribution is -0.135. The number of carboxylic acids is 1. The van der Waals surface area contributed by atoms with Crippen molar-refractivity contribution in [2.45, 2.75) is 6.61 Å². The lowest BCUT2D eigenvalue weighted by Gasteiger charge is -2.19. The van der Waals surface area contributed by atoms with Crippen LogP contribution in [0.2, 0.25) is 0 Å². The van der Waals surface area contributed by atoms with Gasteiger partial charge in [-0.1, -0.05) is 30.3 Å². The summed E-state index contributed by atoms with van der Waals surface area (Å²) in [6.45, 7) is 0.228. The average Bonchev–Trinajstić information content (AvgIpc) is 2.53. The Morgan fingerprint density at radius 1 is 1.27 bits per heavy atom. The van der Waals surface area contributed by atoms with Crippen molar-refractivity contribution in [2.24, 2.45) is 0 Å². The van der Waals surface area contributed by atoms with E-state index in [0.717, 1.165) is 5.56 Å². The Kier molecular flexibility index (Phi) is 4.99. The molecule has 0 radical (unpaired) electrons. The average molecular weight is 296 g/mol. The van der Waals surface area contributed by atoms with Crippen LogP contribution in [0.3, 0.4) is 0 Å². The number of nitriles is 1. The molecule has 0 bridgehead atoms. The number of benzene rings is 2. The molecule has 0 fully saturated rings. The van der Waals surface area contributed by atoms with Gasteiger partial charge in [0, 0.05) is 13.1 Å². The minimum absolute atomic E-state index is 0.184. The van der Waals surface area contributed by atoms with Crippen molar-refractivity contribution < 1.29 is 14.6 Å². The number of hydrogen-bond acceptors (Lipinski definition) is 4. The standard InChI is InChI=1S/C17H16N2O3/c1-19(11-17(20)21)16-9-15(8-7-14(16)10-18)22-12-13-5-3-2-4-6-13/h2-9H,11-12H2,1H3,(H,20,21). The van der Waals surface area contributed by atoms with Crippen molar-refractivity contribution in [3.63, 3.8) is 0 Å². The largest absolute Gasteiger partial charge is 0.489 e. The minimum Gasteiger partial charge on any atom is -0.489 e. The molecule has 5 nitrogen and oxygen atoms in total. The van der Waals surface area contributed by atoms with Gasteiger partial charge in [0.05, 0.1) is 11.3 Å². The van der Waals surface area contributed by atoms with Gasteiger partial charge in [0.15, 0.2) is 0 Å². The van der Waals surface area contributed by atoms with Crippen LogP contribution in [-0.4, -0.2) is 24.7 Å². The quantitative estimate of drug-likeness (QED) is 0.887. The molecule has 5 heteroatoms. The Morgan fingerprint density at radius 3 is 2.64 bits per heavy atom. The van der Waals surface area contributed by atoms with Crippen LogP contribution in [0, 0.1) is 11.3 Å². The van der Waals surface area contributed by atoms with E-state index in [0.29, 0.717) is 23.6 Å². The van der Waals surface area contributed by atoms with E-state index < -0.39 is 5.97 Å². The normalized spacial score (nSPS) is 9.82. The molecule has 0 aromatic heterocycles. The number of nitrogens with zero attached hydrogens (tertiary/aromatic N) is 2. The van der Waals surface area contributed by atoms with Gasteiger partial charge in [-0.25, -0.2) is 0 Å². The van der Waals surface area contributed by atoms with Crippen LogP contribution in [0.4, 0.5) is 5.69 Å². The second-order valence-corrected chi connectivity index (χ2v) is 4.81. The van der Waals surface area contributed by atoms with E-state index in [2.05, 4.69) is 6.07 Å². The third-order valence-corrected chi connectivity index (χ3v) is 3.12. The zero-order valence-corrected chi connectivity index (χ0v) is 12.2. The molecular weight excluding hydrogens is 280 g/mol. The van der Waals surface area contributed by atoms with E-state index >= 15 is 0 Å². The topological polar surface area (TPSA) is 73.6 Å². The zero-order valence-electron chi connectivity index (χ0n) is 12.2. The zero-order chi connectivity index (χ0) is 15.9. The summed E-state index contributed by atoms with van der Waals surface area (Å²) < 4.78 is 5.70. The molecule has 2 rings (SSSR count). The van der Waals surface area contributed by atoms with E-state index in [1.165, 1.54) is 4.90 Å².